The van der Waals surface area contributed by atoms with Gasteiger partial charge in [-0.05, 0) is 30.4 Å². The third kappa shape index (κ3) is 2.98. The van der Waals surface area contributed by atoms with Crippen molar-refractivity contribution in [2.24, 2.45) is 5.92 Å². The SMILES string of the molecule is O=C(Cc1ccc(F)cc1F)N1CCO[C@H]2C[C@H](CO)C[C@@H]21. The summed E-state index contributed by atoms with van der Waals surface area (Å²) in [6.07, 6.45) is 1.32. The molecule has 1 aromatic rings. The van der Waals surface area contributed by atoms with E-state index in [-0.39, 0.29) is 42.6 Å². The van der Waals surface area contributed by atoms with Crippen molar-refractivity contribution in [2.45, 2.75) is 31.4 Å². The van der Waals surface area contributed by atoms with Crippen LogP contribution in [0, 0.1) is 17.6 Å². The molecule has 1 aliphatic heterocycles. The molecule has 1 aromatic carbocycles. The molecule has 3 rings (SSSR count). The Kier molecular flexibility index (Phi) is 4.40. The third-order valence-electron chi connectivity index (χ3n) is 4.57. The van der Waals surface area contributed by atoms with Crippen molar-refractivity contribution in [3.8, 4) is 0 Å². The molecule has 22 heavy (non-hydrogen) atoms. The molecular formula is C16H19F2NO3. The second-order valence-corrected chi connectivity index (χ2v) is 6.00. The van der Waals surface area contributed by atoms with Gasteiger partial charge in [0.2, 0.25) is 5.91 Å². The van der Waals surface area contributed by atoms with Crippen LogP contribution in [0.15, 0.2) is 18.2 Å². The van der Waals surface area contributed by atoms with Crippen LogP contribution >= 0.6 is 0 Å². The molecular weight excluding hydrogens is 292 g/mol. The summed E-state index contributed by atoms with van der Waals surface area (Å²) in [5, 5.41) is 9.29. The van der Waals surface area contributed by atoms with Crippen molar-refractivity contribution in [2.75, 3.05) is 19.8 Å². The van der Waals surface area contributed by atoms with Gasteiger partial charge in [-0.25, -0.2) is 8.78 Å². The molecule has 3 atom stereocenters. The lowest BCUT2D eigenvalue weighted by Gasteiger charge is -2.37. The second-order valence-electron chi connectivity index (χ2n) is 6.00. The Hall–Kier alpha value is -1.53. The molecule has 6 heteroatoms. The number of hydrogen-bond acceptors (Lipinski definition) is 3. The van der Waals surface area contributed by atoms with Gasteiger partial charge in [0.15, 0.2) is 0 Å². The Morgan fingerprint density at radius 1 is 1.36 bits per heavy atom. The molecule has 0 aromatic heterocycles. The molecule has 0 spiro atoms. The molecule has 1 heterocycles. The predicted octanol–water partition coefficient (Wildman–Crippen LogP) is 1.51. The van der Waals surface area contributed by atoms with Crippen LogP contribution in [-0.4, -0.2) is 47.8 Å². The predicted molar refractivity (Wildman–Crippen MR) is 75.1 cm³/mol. The van der Waals surface area contributed by atoms with Crippen molar-refractivity contribution < 1.29 is 23.4 Å². The zero-order chi connectivity index (χ0) is 15.7. The molecule has 1 saturated heterocycles. The number of hydrogen-bond donors (Lipinski definition) is 1. The number of morpholine rings is 1. The molecule has 1 amide bonds. The van der Waals surface area contributed by atoms with E-state index in [0.29, 0.717) is 19.6 Å². The average Bonchev–Trinajstić information content (AvgIpc) is 2.93. The van der Waals surface area contributed by atoms with Crippen molar-refractivity contribution in [3.63, 3.8) is 0 Å². The lowest BCUT2D eigenvalue weighted by atomic mass is 10.1. The van der Waals surface area contributed by atoms with E-state index >= 15 is 0 Å². The number of halogens is 2. The zero-order valence-electron chi connectivity index (χ0n) is 12.2. The molecule has 0 radical (unpaired) electrons. The number of ether oxygens (including phenoxy) is 1. The normalized spacial score (nSPS) is 27.8. The number of aliphatic hydroxyl groups is 1. The van der Waals surface area contributed by atoms with Gasteiger partial charge >= 0.3 is 0 Å². The maximum Gasteiger partial charge on any atom is 0.227 e. The average molecular weight is 311 g/mol. The van der Waals surface area contributed by atoms with Gasteiger partial charge < -0.3 is 14.7 Å². The van der Waals surface area contributed by atoms with Crippen molar-refractivity contribution in [3.05, 3.63) is 35.4 Å². The van der Waals surface area contributed by atoms with Crippen LogP contribution in [0.25, 0.3) is 0 Å². The van der Waals surface area contributed by atoms with E-state index in [1.54, 1.807) is 4.90 Å². The van der Waals surface area contributed by atoms with Crippen LogP contribution in [0.1, 0.15) is 18.4 Å². The van der Waals surface area contributed by atoms with Crippen LogP contribution in [-0.2, 0) is 16.0 Å². The highest BCUT2D eigenvalue weighted by molar-refractivity contribution is 5.79. The first-order chi connectivity index (χ1) is 10.6. The minimum Gasteiger partial charge on any atom is -0.396 e. The fourth-order valence-corrected chi connectivity index (χ4v) is 3.44. The molecule has 0 unspecified atom stereocenters. The molecule has 1 N–H and O–H groups in total. The summed E-state index contributed by atoms with van der Waals surface area (Å²) >= 11 is 0. The Morgan fingerprint density at radius 2 is 2.18 bits per heavy atom. The minimum atomic E-state index is -0.696. The number of amides is 1. The quantitative estimate of drug-likeness (QED) is 0.920. The van der Waals surface area contributed by atoms with Gasteiger partial charge in [-0.2, -0.15) is 0 Å². The minimum absolute atomic E-state index is 0.0482. The number of nitrogens with zero attached hydrogens (tertiary/aromatic N) is 1. The van der Waals surface area contributed by atoms with E-state index in [0.717, 1.165) is 18.6 Å². The highest BCUT2D eigenvalue weighted by atomic mass is 19.1. The van der Waals surface area contributed by atoms with E-state index in [2.05, 4.69) is 0 Å². The standard InChI is InChI=1S/C16H19F2NO3/c17-12-2-1-11(13(18)8-12)7-16(21)19-3-4-22-15-6-10(9-20)5-14(15)19/h1-2,8,10,14-15,20H,3-7,9H2/t10-,14+,15+/m1/s1. The van der Waals surface area contributed by atoms with E-state index in [9.17, 15) is 18.7 Å². The van der Waals surface area contributed by atoms with Crippen molar-refractivity contribution in [1.82, 2.24) is 4.90 Å². The number of aliphatic hydroxyl groups excluding tert-OH is 1. The molecule has 1 saturated carbocycles. The summed E-state index contributed by atoms with van der Waals surface area (Å²) in [4.78, 5) is 14.2. The monoisotopic (exact) mass is 311 g/mol. The Balaban J connectivity index is 1.71. The highest BCUT2D eigenvalue weighted by Crippen LogP contribution is 2.34. The van der Waals surface area contributed by atoms with Crippen LogP contribution < -0.4 is 0 Å². The number of rotatable bonds is 3. The van der Waals surface area contributed by atoms with Crippen LogP contribution in [0.2, 0.25) is 0 Å². The number of fused-ring (bicyclic) bond motifs is 1. The topological polar surface area (TPSA) is 49.8 Å². The second kappa shape index (κ2) is 6.30. The summed E-state index contributed by atoms with van der Waals surface area (Å²) in [5.74, 6) is -1.38. The largest absolute Gasteiger partial charge is 0.396 e. The number of carbonyl (C=O) groups is 1. The van der Waals surface area contributed by atoms with Gasteiger partial charge in [0.05, 0.1) is 25.2 Å². The zero-order valence-corrected chi connectivity index (χ0v) is 12.2. The lowest BCUT2D eigenvalue weighted by molar-refractivity contribution is -0.143. The summed E-state index contributed by atoms with van der Waals surface area (Å²) < 4.78 is 32.3. The van der Waals surface area contributed by atoms with E-state index in [1.165, 1.54) is 6.07 Å². The van der Waals surface area contributed by atoms with Crippen LogP contribution in [0.4, 0.5) is 8.78 Å². The summed E-state index contributed by atoms with van der Waals surface area (Å²) in [5.41, 5.74) is 0.200. The molecule has 2 aliphatic rings. The van der Waals surface area contributed by atoms with Gasteiger partial charge in [-0.1, -0.05) is 6.07 Å². The smallest absolute Gasteiger partial charge is 0.227 e. The summed E-state index contributed by atoms with van der Waals surface area (Å²) in [6, 6.07) is 3.21. The third-order valence-corrected chi connectivity index (χ3v) is 4.57. The first kappa shape index (κ1) is 15.4. The molecule has 4 nitrogen and oxygen atoms in total. The van der Waals surface area contributed by atoms with Crippen molar-refractivity contribution in [1.29, 1.82) is 0 Å². The van der Waals surface area contributed by atoms with Crippen LogP contribution in [0.5, 0.6) is 0 Å². The molecule has 0 bridgehead atoms. The number of benzene rings is 1. The summed E-state index contributed by atoms with van der Waals surface area (Å²) in [6.45, 7) is 1.02. The van der Waals surface area contributed by atoms with Gasteiger partial charge in [0.25, 0.3) is 0 Å². The molecule has 1 aliphatic carbocycles. The summed E-state index contributed by atoms with van der Waals surface area (Å²) in [7, 11) is 0. The first-order valence-corrected chi connectivity index (χ1v) is 7.54. The highest BCUT2D eigenvalue weighted by Gasteiger charge is 2.42. The van der Waals surface area contributed by atoms with E-state index < -0.39 is 11.6 Å². The van der Waals surface area contributed by atoms with Gasteiger partial charge in [0.1, 0.15) is 11.6 Å². The van der Waals surface area contributed by atoms with Crippen LogP contribution in [0.3, 0.4) is 0 Å². The molecule has 120 valence electrons. The lowest BCUT2D eigenvalue weighted by Crippen LogP contribution is -2.51. The van der Waals surface area contributed by atoms with E-state index in [4.69, 9.17) is 4.74 Å². The maximum atomic E-state index is 13.7. The Morgan fingerprint density at radius 3 is 2.91 bits per heavy atom. The number of carbonyl (C=O) groups excluding carboxylic acids is 1. The fraction of sp³-hybridized carbons (Fsp3) is 0.562. The Bertz CT molecular complexity index is 566. The molecule has 2 fully saturated rings. The fourth-order valence-electron chi connectivity index (χ4n) is 3.44. The first-order valence-electron chi connectivity index (χ1n) is 7.54. The van der Waals surface area contributed by atoms with Gasteiger partial charge in [0, 0.05) is 19.2 Å². The van der Waals surface area contributed by atoms with Crippen molar-refractivity contribution >= 4 is 5.91 Å². The van der Waals surface area contributed by atoms with E-state index in [1.807, 2.05) is 0 Å². The van der Waals surface area contributed by atoms with Gasteiger partial charge in [-0.3, -0.25) is 4.79 Å². The van der Waals surface area contributed by atoms with Gasteiger partial charge in [-0.15, -0.1) is 0 Å². The maximum absolute atomic E-state index is 13.7. The Labute approximate surface area is 127 Å².